The Balaban J connectivity index is 1.86. The third-order valence-electron chi connectivity index (χ3n) is 4.21. The number of nitrogens with zero attached hydrogens (tertiary/aromatic N) is 1. The third kappa shape index (κ3) is 4.55. The molecule has 0 spiro atoms. The van der Waals surface area contributed by atoms with E-state index < -0.39 is 6.10 Å². The van der Waals surface area contributed by atoms with E-state index in [2.05, 4.69) is 31.2 Å². The predicted octanol–water partition coefficient (Wildman–Crippen LogP) is 1.78. The molecule has 1 fully saturated rings. The molecule has 1 amide bonds. The van der Waals surface area contributed by atoms with Crippen molar-refractivity contribution in [3.63, 3.8) is 0 Å². The molecule has 4 nitrogen and oxygen atoms in total. The largest absolute Gasteiger partial charge is 0.391 e. The van der Waals surface area contributed by atoms with Crippen LogP contribution in [0.3, 0.4) is 0 Å². The van der Waals surface area contributed by atoms with Crippen LogP contribution < -0.4 is 0 Å². The van der Waals surface area contributed by atoms with E-state index >= 15 is 0 Å². The summed E-state index contributed by atoms with van der Waals surface area (Å²) in [5.41, 5.74) is 2.50. The number of β-amino-alcohol motifs (C(OH)–C–C–N with tert-alkyl or cyclic N) is 1. The topological polar surface area (TPSA) is 49.8 Å². The number of piperidine rings is 1. The van der Waals surface area contributed by atoms with Crippen LogP contribution in [0.2, 0.25) is 0 Å². The second-order valence-corrected chi connectivity index (χ2v) is 5.89. The summed E-state index contributed by atoms with van der Waals surface area (Å²) in [7, 11) is 1.59. The highest BCUT2D eigenvalue weighted by Crippen LogP contribution is 2.23. The molecule has 0 bridgehead atoms. The van der Waals surface area contributed by atoms with Gasteiger partial charge < -0.3 is 14.7 Å². The van der Waals surface area contributed by atoms with E-state index in [0.717, 1.165) is 19.4 Å². The van der Waals surface area contributed by atoms with Crippen LogP contribution in [-0.4, -0.2) is 48.8 Å². The summed E-state index contributed by atoms with van der Waals surface area (Å²) in [6.07, 6.45) is 1.69. The summed E-state index contributed by atoms with van der Waals surface area (Å²) in [4.78, 5) is 13.7. The molecule has 1 aliphatic heterocycles. The molecule has 1 heterocycles. The Morgan fingerprint density at radius 2 is 2.10 bits per heavy atom. The van der Waals surface area contributed by atoms with Gasteiger partial charge in [-0.3, -0.25) is 4.79 Å². The monoisotopic (exact) mass is 291 g/mol. The number of hydrogen-bond donors (Lipinski definition) is 1. The molecule has 2 atom stereocenters. The number of aryl methyl sites for hydroxylation is 1. The maximum atomic E-state index is 11.9. The van der Waals surface area contributed by atoms with Crippen molar-refractivity contribution < 1.29 is 14.6 Å². The first-order chi connectivity index (χ1) is 10.1. The van der Waals surface area contributed by atoms with Gasteiger partial charge >= 0.3 is 0 Å². The molecule has 0 radical (unpaired) electrons. The Morgan fingerprint density at radius 3 is 2.71 bits per heavy atom. The summed E-state index contributed by atoms with van der Waals surface area (Å²) in [5, 5.41) is 10.3. The number of amides is 1. The third-order valence-corrected chi connectivity index (χ3v) is 4.21. The number of carbonyl (C=O) groups excluding carboxylic acids is 1. The molecule has 1 saturated heterocycles. The number of hydrogen-bond acceptors (Lipinski definition) is 3. The lowest BCUT2D eigenvalue weighted by Gasteiger charge is -2.36. The highest BCUT2D eigenvalue weighted by atomic mass is 16.5. The van der Waals surface area contributed by atoms with Crippen LogP contribution in [0.4, 0.5) is 0 Å². The molecule has 0 aromatic heterocycles. The van der Waals surface area contributed by atoms with Gasteiger partial charge in [-0.1, -0.05) is 29.8 Å². The van der Waals surface area contributed by atoms with E-state index in [0.29, 0.717) is 19.6 Å². The molecule has 1 aromatic rings. The number of rotatable bonds is 5. The second kappa shape index (κ2) is 7.57. The van der Waals surface area contributed by atoms with E-state index in [1.165, 1.54) is 11.1 Å². The molecule has 0 aliphatic carbocycles. The molecule has 0 saturated carbocycles. The van der Waals surface area contributed by atoms with Crippen LogP contribution >= 0.6 is 0 Å². The zero-order chi connectivity index (χ0) is 15.2. The molecule has 116 valence electrons. The standard InChI is InChI=1S/C17H25NO3/c1-13-3-5-14(6-4-13)11-15-7-9-18(12-16(15)19)17(20)8-10-21-2/h3-6,15-16,19H,7-12H2,1-2H3/t15-,16-/m1/s1. The Morgan fingerprint density at radius 1 is 1.38 bits per heavy atom. The van der Waals surface area contributed by atoms with Crippen molar-refractivity contribution in [1.29, 1.82) is 0 Å². The maximum Gasteiger partial charge on any atom is 0.224 e. The average Bonchev–Trinajstić information content (AvgIpc) is 2.49. The molecule has 2 rings (SSSR count). The maximum absolute atomic E-state index is 11.9. The zero-order valence-electron chi connectivity index (χ0n) is 12.9. The van der Waals surface area contributed by atoms with Gasteiger partial charge in [0.15, 0.2) is 0 Å². The van der Waals surface area contributed by atoms with Crippen LogP contribution in [0, 0.1) is 12.8 Å². The van der Waals surface area contributed by atoms with Crippen LogP contribution in [0.15, 0.2) is 24.3 Å². The van der Waals surface area contributed by atoms with Gasteiger partial charge in [0.25, 0.3) is 0 Å². The van der Waals surface area contributed by atoms with Gasteiger partial charge in [-0.15, -0.1) is 0 Å². The normalized spacial score (nSPS) is 22.3. The van der Waals surface area contributed by atoms with Crippen molar-refractivity contribution >= 4 is 5.91 Å². The molecule has 1 N–H and O–H groups in total. The number of aliphatic hydroxyl groups is 1. The molecule has 1 aliphatic rings. The lowest BCUT2D eigenvalue weighted by atomic mass is 9.87. The molecule has 1 aromatic carbocycles. The van der Waals surface area contributed by atoms with Crippen LogP contribution in [0.25, 0.3) is 0 Å². The zero-order valence-corrected chi connectivity index (χ0v) is 12.9. The van der Waals surface area contributed by atoms with E-state index in [-0.39, 0.29) is 11.8 Å². The quantitative estimate of drug-likeness (QED) is 0.899. The van der Waals surface area contributed by atoms with E-state index in [4.69, 9.17) is 4.74 Å². The van der Waals surface area contributed by atoms with Crippen LogP contribution in [0.5, 0.6) is 0 Å². The summed E-state index contributed by atoms with van der Waals surface area (Å²) in [6.45, 7) is 3.69. The van der Waals surface area contributed by atoms with Crippen molar-refractivity contribution in [3.8, 4) is 0 Å². The van der Waals surface area contributed by atoms with E-state index in [9.17, 15) is 9.90 Å². The number of methoxy groups -OCH3 is 1. The minimum Gasteiger partial charge on any atom is -0.391 e. The Hall–Kier alpha value is -1.39. The lowest BCUT2D eigenvalue weighted by Crippen LogP contribution is -2.47. The molecule has 21 heavy (non-hydrogen) atoms. The Bertz CT molecular complexity index is 458. The van der Waals surface area contributed by atoms with E-state index in [1.54, 1.807) is 12.0 Å². The van der Waals surface area contributed by atoms with Crippen molar-refractivity contribution in [2.24, 2.45) is 5.92 Å². The number of ether oxygens (including phenoxy) is 1. The number of likely N-dealkylation sites (tertiary alicyclic amines) is 1. The molecule has 0 unspecified atom stereocenters. The Kier molecular flexibility index (Phi) is 5.76. The summed E-state index contributed by atoms with van der Waals surface area (Å²) in [5.74, 6) is 0.309. The fraction of sp³-hybridized carbons (Fsp3) is 0.588. The fourth-order valence-corrected chi connectivity index (χ4v) is 2.82. The predicted molar refractivity (Wildman–Crippen MR) is 82.1 cm³/mol. The van der Waals surface area contributed by atoms with Gasteiger partial charge in [-0.05, 0) is 31.2 Å². The van der Waals surface area contributed by atoms with Crippen LogP contribution in [0.1, 0.15) is 24.0 Å². The van der Waals surface area contributed by atoms with E-state index in [1.807, 2.05) is 0 Å². The van der Waals surface area contributed by atoms with Gasteiger partial charge in [0, 0.05) is 20.2 Å². The van der Waals surface area contributed by atoms with Crippen molar-refractivity contribution in [3.05, 3.63) is 35.4 Å². The minimum absolute atomic E-state index is 0.0738. The smallest absolute Gasteiger partial charge is 0.224 e. The summed E-state index contributed by atoms with van der Waals surface area (Å²) >= 11 is 0. The van der Waals surface area contributed by atoms with Gasteiger partial charge in [0.1, 0.15) is 0 Å². The second-order valence-electron chi connectivity index (χ2n) is 5.89. The number of carbonyl (C=O) groups is 1. The van der Waals surface area contributed by atoms with Gasteiger partial charge in [-0.25, -0.2) is 0 Å². The highest BCUT2D eigenvalue weighted by Gasteiger charge is 2.29. The summed E-state index contributed by atoms with van der Waals surface area (Å²) < 4.78 is 4.93. The minimum atomic E-state index is -0.438. The van der Waals surface area contributed by atoms with Crippen molar-refractivity contribution in [2.45, 2.75) is 32.3 Å². The first-order valence-electron chi connectivity index (χ1n) is 7.60. The van der Waals surface area contributed by atoms with Crippen molar-refractivity contribution in [2.75, 3.05) is 26.8 Å². The van der Waals surface area contributed by atoms with Crippen LogP contribution in [-0.2, 0) is 16.0 Å². The van der Waals surface area contributed by atoms with Gasteiger partial charge in [-0.2, -0.15) is 0 Å². The first kappa shape index (κ1) is 16.0. The summed E-state index contributed by atoms with van der Waals surface area (Å²) in [6, 6.07) is 8.45. The highest BCUT2D eigenvalue weighted by molar-refractivity contribution is 5.76. The molecule has 4 heteroatoms. The number of aliphatic hydroxyl groups excluding tert-OH is 1. The van der Waals surface area contributed by atoms with Gasteiger partial charge in [0.05, 0.1) is 19.1 Å². The van der Waals surface area contributed by atoms with Crippen molar-refractivity contribution in [1.82, 2.24) is 4.90 Å². The fourth-order valence-electron chi connectivity index (χ4n) is 2.82. The number of benzene rings is 1. The lowest BCUT2D eigenvalue weighted by molar-refractivity contribution is -0.136. The average molecular weight is 291 g/mol. The molecular weight excluding hydrogens is 266 g/mol. The first-order valence-corrected chi connectivity index (χ1v) is 7.60. The SMILES string of the molecule is COCCC(=O)N1CC[C@H](Cc2ccc(C)cc2)[C@H](O)C1. The Labute approximate surface area is 126 Å². The van der Waals surface area contributed by atoms with Gasteiger partial charge in [0.2, 0.25) is 5.91 Å². The molecular formula is C17H25NO3.